The molecule has 1 saturated heterocycles. The van der Waals surface area contributed by atoms with E-state index in [0.29, 0.717) is 18.5 Å². The molecule has 1 aliphatic heterocycles. The standard InChI is InChI=1S/C16H22N4O/c1-12-5-2-3-6-13(12)9-14-7-4-8-20(14)11-15-18-16(10-17)21-19-15/h2-3,5-6,14H,4,7-11,17H2,1H3. The summed E-state index contributed by atoms with van der Waals surface area (Å²) in [5.74, 6) is 1.26. The van der Waals surface area contributed by atoms with Gasteiger partial charge in [0.25, 0.3) is 0 Å². The third-order valence-corrected chi connectivity index (χ3v) is 4.25. The van der Waals surface area contributed by atoms with E-state index in [1.54, 1.807) is 0 Å². The van der Waals surface area contributed by atoms with Gasteiger partial charge in [0.05, 0.1) is 13.1 Å². The molecule has 0 amide bonds. The first-order chi connectivity index (χ1) is 10.3. The van der Waals surface area contributed by atoms with Crippen LogP contribution in [0.5, 0.6) is 0 Å². The molecule has 5 nitrogen and oxygen atoms in total. The molecule has 112 valence electrons. The maximum Gasteiger partial charge on any atom is 0.240 e. The van der Waals surface area contributed by atoms with E-state index in [9.17, 15) is 0 Å². The van der Waals surface area contributed by atoms with Gasteiger partial charge in [-0.1, -0.05) is 29.4 Å². The van der Waals surface area contributed by atoms with Gasteiger partial charge in [0.15, 0.2) is 5.82 Å². The summed E-state index contributed by atoms with van der Waals surface area (Å²) < 4.78 is 5.08. The minimum atomic E-state index is 0.305. The summed E-state index contributed by atoms with van der Waals surface area (Å²) in [5, 5.41) is 4.00. The summed E-state index contributed by atoms with van der Waals surface area (Å²) in [7, 11) is 0. The lowest BCUT2D eigenvalue weighted by Gasteiger charge is -2.23. The van der Waals surface area contributed by atoms with Crippen LogP contribution in [0.3, 0.4) is 0 Å². The van der Waals surface area contributed by atoms with Crippen LogP contribution in [0.1, 0.15) is 35.7 Å². The fourth-order valence-electron chi connectivity index (χ4n) is 3.05. The third kappa shape index (κ3) is 3.31. The van der Waals surface area contributed by atoms with Crippen LogP contribution in [0.15, 0.2) is 28.8 Å². The molecule has 0 bridgehead atoms. The molecule has 21 heavy (non-hydrogen) atoms. The van der Waals surface area contributed by atoms with Gasteiger partial charge in [0, 0.05) is 6.04 Å². The Morgan fingerprint density at radius 3 is 3.00 bits per heavy atom. The maximum atomic E-state index is 5.51. The highest BCUT2D eigenvalue weighted by Crippen LogP contribution is 2.23. The SMILES string of the molecule is Cc1ccccc1CC1CCCN1Cc1noc(CN)n1. The van der Waals surface area contributed by atoms with Gasteiger partial charge in [-0.2, -0.15) is 4.98 Å². The molecule has 0 spiro atoms. The molecular weight excluding hydrogens is 264 g/mol. The van der Waals surface area contributed by atoms with Gasteiger partial charge in [0.2, 0.25) is 5.89 Å². The first-order valence-electron chi connectivity index (χ1n) is 7.56. The molecule has 1 unspecified atom stereocenters. The Bertz CT molecular complexity index is 595. The first kappa shape index (κ1) is 14.2. The molecule has 1 aromatic heterocycles. The molecule has 5 heteroatoms. The van der Waals surface area contributed by atoms with Gasteiger partial charge < -0.3 is 10.3 Å². The van der Waals surface area contributed by atoms with E-state index in [1.165, 1.54) is 24.0 Å². The highest BCUT2D eigenvalue weighted by molar-refractivity contribution is 5.26. The van der Waals surface area contributed by atoms with Crippen molar-refractivity contribution in [3.63, 3.8) is 0 Å². The molecule has 1 aliphatic rings. The zero-order valence-electron chi connectivity index (χ0n) is 12.5. The van der Waals surface area contributed by atoms with E-state index < -0.39 is 0 Å². The smallest absolute Gasteiger partial charge is 0.240 e. The number of aryl methyl sites for hydroxylation is 1. The molecule has 1 aromatic carbocycles. The van der Waals surface area contributed by atoms with Crippen LogP contribution in [-0.4, -0.2) is 27.6 Å². The summed E-state index contributed by atoms with van der Waals surface area (Å²) >= 11 is 0. The molecular formula is C16H22N4O. The normalized spacial score (nSPS) is 19.2. The Hall–Kier alpha value is -1.72. The van der Waals surface area contributed by atoms with Crippen LogP contribution in [-0.2, 0) is 19.5 Å². The largest absolute Gasteiger partial charge is 0.338 e. The predicted octanol–water partition coefficient (Wildman–Crippen LogP) is 2.04. The molecule has 1 fully saturated rings. The summed E-state index contributed by atoms with van der Waals surface area (Å²) in [6.07, 6.45) is 3.56. The summed E-state index contributed by atoms with van der Waals surface area (Å²) in [6, 6.07) is 9.19. The number of likely N-dealkylation sites (tertiary alicyclic amines) is 1. The van der Waals surface area contributed by atoms with Crippen molar-refractivity contribution in [2.75, 3.05) is 6.54 Å². The van der Waals surface area contributed by atoms with Crippen LogP contribution >= 0.6 is 0 Å². The van der Waals surface area contributed by atoms with Gasteiger partial charge in [-0.15, -0.1) is 0 Å². The Balaban J connectivity index is 1.66. The highest BCUT2D eigenvalue weighted by Gasteiger charge is 2.26. The van der Waals surface area contributed by atoms with Gasteiger partial charge in [-0.25, -0.2) is 0 Å². The quantitative estimate of drug-likeness (QED) is 0.911. The molecule has 0 saturated carbocycles. The van der Waals surface area contributed by atoms with Gasteiger partial charge >= 0.3 is 0 Å². The number of rotatable bonds is 5. The van der Waals surface area contributed by atoms with E-state index >= 15 is 0 Å². The van der Waals surface area contributed by atoms with Crippen molar-refractivity contribution >= 4 is 0 Å². The Labute approximate surface area is 125 Å². The topological polar surface area (TPSA) is 68.2 Å². The second-order valence-corrected chi connectivity index (χ2v) is 5.71. The van der Waals surface area contributed by atoms with Crippen LogP contribution < -0.4 is 5.73 Å². The summed E-state index contributed by atoms with van der Waals surface area (Å²) in [6.45, 7) is 4.34. The zero-order chi connectivity index (χ0) is 14.7. The first-order valence-corrected chi connectivity index (χ1v) is 7.56. The maximum absolute atomic E-state index is 5.51. The van der Waals surface area contributed by atoms with Crippen molar-refractivity contribution in [2.24, 2.45) is 5.73 Å². The van der Waals surface area contributed by atoms with Crippen molar-refractivity contribution in [1.29, 1.82) is 0 Å². The van der Waals surface area contributed by atoms with E-state index in [2.05, 4.69) is 46.2 Å². The van der Waals surface area contributed by atoms with Gasteiger partial charge in [-0.3, -0.25) is 4.90 Å². The number of hydrogen-bond acceptors (Lipinski definition) is 5. The van der Waals surface area contributed by atoms with E-state index in [4.69, 9.17) is 10.3 Å². The average Bonchev–Trinajstić information content (AvgIpc) is 3.12. The molecule has 0 radical (unpaired) electrons. The minimum Gasteiger partial charge on any atom is -0.338 e. The van der Waals surface area contributed by atoms with Crippen molar-refractivity contribution < 1.29 is 4.52 Å². The Morgan fingerprint density at radius 2 is 2.24 bits per heavy atom. The molecule has 2 N–H and O–H groups in total. The van der Waals surface area contributed by atoms with E-state index in [-0.39, 0.29) is 0 Å². The van der Waals surface area contributed by atoms with E-state index in [0.717, 1.165) is 25.3 Å². The molecule has 2 heterocycles. The summed E-state index contributed by atoms with van der Waals surface area (Å²) in [5.41, 5.74) is 8.31. The lowest BCUT2D eigenvalue weighted by Crippen LogP contribution is -2.31. The van der Waals surface area contributed by atoms with Crippen molar-refractivity contribution in [1.82, 2.24) is 15.0 Å². The summed E-state index contributed by atoms with van der Waals surface area (Å²) in [4.78, 5) is 6.76. The Morgan fingerprint density at radius 1 is 1.38 bits per heavy atom. The second kappa shape index (κ2) is 6.37. The number of aromatic nitrogens is 2. The van der Waals surface area contributed by atoms with Crippen LogP contribution in [0, 0.1) is 6.92 Å². The van der Waals surface area contributed by atoms with Gasteiger partial charge in [0.1, 0.15) is 0 Å². The lowest BCUT2D eigenvalue weighted by molar-refractivity contribution is 0.234. The van der Waals surface area contributed by atoms with Crippen molar-refractivity contribution in [3.05, 3.63) is 47.1 Å². The van der Waals surface area contributed by atoms with E-state index in [1.807, 2.05) is 0 Å². The number of hydrogen-bond donors (Lipinski definition) is 1. The predicted molar refractivity (Wildman–Crippen MR) is 80.5 cm³/mol. The number of nitrogens with zero attached hydrogens (tertiary/aromatic N) is 3. The van der Waals surface area contributed by atoms with Crippen LogP contribution in [0.4, 0.5) is 0 Å². The monoisotopic (exact) mass is 286 g/mol. The fraction of sp³-hybridized carbons (Fsp3) is 0.500. The van der Waals surface area contributed by atoms with Crippen molar-refractivity contribution in [2.45, 2.75) is 45.3 Å². The molecule has 2 aromatic rings. The Kier molecular flexibility index (Phi) is 4.31. The highest BCUT2D eigenvalue weighted by atomic mass is 16.5. The molecule has 1 atom stereocenters. The van der Waals surface area contributed by atoms with Crippen LogP contribution in [0.25, 0.3) is 0 Å². The molecule has 3 rings (SSSR count). The third-order valence-electron chi connectivity index (χ3n) is 4.25. The number of nitrogens with two attached hydrogens (primary N) is 1. The van der Waals surface area contributed by atoms with Crippen LogP contribution in [0.2, 0.25) is 0 Å². The molecule has 0 aliphatic carbocycles. The minimum absolute atomic E-state index is 0.305. The second-order valence-electron chi connectivity index (χ2n) is 5.71. The number of benzene rings is 1. The zero-order valence-corrected chi connectivity index (χ0v) is 12.5. The van der Waals surface area contributed by atoms with Crippen molar-refractivity contribution in [3.8, 4) is 0 Å². The lowest BCUT2D eigenvalue weighted by atomic mass is 10.00. The average molecular weight is 286 g/mol. The fourth-order valence-corrected chi connectivity index (χ4v) is 3.05. The van der Waals surface area contributed by atoms with Gasteiger partial charge in [-0.05, 0) is 43.9 Å².